The quantitative estimate of drug-likeness (QED) is 0.488. The molecule has 3 N–H and O–H groups in total. The van der Waals surface area contributed by atoms with Crippen molar-refractivity contribution in [2.24, 2.45) is 4.99 Å². The lowest BCUT2D eigenvalue weighted by molar-refractivity contribution is 0.644. The van der Waals surface area contributed by atoms with Gasteiger partial charge in [0.15, 0.2) is 5.96 Å². The molecule has 0 spiro atoms. The van der Waals surface area contributed by atoms with Gasteiger partial charge in [-0.1, -0.05) is 18.2 Å². The molecular formula is C19H24N4S. The van der Waals surface area contributed by atoms with E-state index in [1.54, 1.807) is 0 Å². The molecule has 1 aromatic carbocycles. The van der Waals surface area contributed by atoms with Crippen molar-refractivity contribution < 1.29 is 0 Å². The molecule has 24 heavy (non-hydrogen) atoms. The summed E-state index contributed by atoms with van der Waals surface area (Å²) in [5.41, 5.74) is 2.32. The number of nitrogens with one attached hydrogen (secondary N) is 3. The van der Waals surface area contributed by atoms with Gasteiger partial charge in [0, 0.05) is 40.5 Å². The summed E-state index contributed by atoms with van der Waals surface area (Å²) < 4.78 is 0. The minimum Gasteiger partial charge on any atom is -0.357 e. The fourth-order valence-corrected chi connectivity index (χ4v) is 3.80. The molecule has 3 rings (SSSR count). The van der Waals surface area contributed by atoms with Gasteiger partial charge >= 0.3 is 0 Å². The van der Waals surface area contributed by atoms with E-state index in [2.05, 4.69) is 70.9 Å². The predicted octanol–water partition coefficient (Wildman–Crippen LogP) is 3.83. The number of hydrogen-bond donors (Lipinski definition) is 3. The Labute approximate surface area is 147 Å². The molecule has 3 aromatic rings. The molecular weight excluding hydrogens is 316 g/mol. The number of aryl methyl sites for hydroxylation is 1. The number of aromatic amines is 1. The second-order valence-electron chi connectivity index (χ2n) is 6.07. The normalized spacial score (nSPS) is 13.2. The molecule has 1 atom stereocenters. The van der Waals surface area contributed by atoms with Crippen LogP contribution >= 0.6 is 11.3 Å². The molecule has 0 fully saturated rings. The monoisotopic (exact) mass is 340 g/mol. The SMILES string of the molecule is CN=C(NCc1cc2ccccc2[nH]1)NC(C)Cc1ccc(C)s1. The van der Waals surface area contributed by atoms with Gasteiger partial charge in [-0.05, 0) is 43.5 Å². The van der Waals surface area contributed by atoms with Gasteiger partial charge in [-0.2, -0.15) is 0 Å². The van der Waals surface area contributed by atoms with Gasteiger partial charge in [0.2, 0.25) is 0 Å². The highest BCUT2D eigenvalue weighted by atomic mass is 32.1. The topological polar surface area (TPSA) is 52.2 Å². The number of rotatable bonds is 5. The molecule has 0 radical (unpaired) electrons. The Kier molecular flexibility index (Phi) is 5.20. The largest absolute Gasteiger partial charge is 0.357 e. The van der Waals surface area contributed by atoms with Gasteiger partial charge in [0.05, 0.1) is 6.54 Å². The number of aromatic nitrogens is 1. The maximum absolute atomic E-state index is 4.33. The average Bonchev–Trinajstić information content (AvgIpc) is 3.16. The van der Waals surface area contributed by atoms with Gasteiger partial charge in [-0.3, -0.25) is 4.99 Å². The summed E-state index contributed by atoms with van der Waals surface area (Å²) in [4.78, 5) is 10.5. The Hall–Kier alpha value is -2.27. The van der Waals surface area contributed by atoms with Gasteiger partial charge in [-0.25, -0.2) is 0 Å². The van der Waals surface area contributed by atoms with Crippen molar-refractivity contribution in [1.29, 1.82) is 0 Å². The lowest BCUT2D eigenvalue weighted by Gasteiger charge is -2.17. The number of aliphatic imine (C=N–C) groups is 1. The van der Waals surface area contributed by atoms with Crippen LogP contribution in [-0.4, -0.2) is 24.0 Å². The van der Waals surface area contributed by atoms with Crippen molar-refractivity contribution in [1.82, 2.24) is 15.6 Å². The Balaban J connectivity index is 1.54. The van der Waals surface area contributed by atoms with Crippen molar-refractivity contribution in [3.8, 4) is 0 Å². The number of hydrogen-bond acceptors (Lipinski definition) is 2. The number of fused-ring (bicyclic) bond motifs is 1. The first-order chi connectivity index (χ1) is 11.6. The Bertz CT molecular complexity index is 798. The zero-order chi connectivity index (χ0) is 16.9. The van der Waals surface area contributed by atoms with E-state index in [-0.39, 0.29) is 0 Å². The zero-order valence-electron chi connectivity index (χ0n) is 14.4. The summed E-state index contributed by atoms with van der Waals surface area (Å²) in [6.45, 7) is 5.05. The van der Waals surface area contributed by atoms with E-state index in [1.807, 2.05) is 24.5 Å². The van der Waals surface area contributed by atoms with Crippen LogP contribution in [0.4, 0.5) is 0 Å². The van der Waals surface area contributed by atoms with Crippen LogP contribution < -0.4 is 10.6 Å². The summed E-state index contributed by atoms with van der Waals surface area (Å²) in [7, 11) is 1.81. The Morgan fingerprint density at radius 1 is 1.25 bits per heavy atom. The van der Waals surface area contributed by atoms with Gasteiger partial charge < -0.3 is 15.6 Å². The first-order valence-electron chi connectivity index (χ1n) is 8.23. The number of guanidine groups is 1. The van der Waals surface area contributed by atoms with Crippen LogP contribution in [0, 0.1) is 6.92 Å². The zero-order valence-corrected chi connectivity index (χ0v) is 15.2. The highest BCUT2D eigenvalue weighted by Gasteiger charge is 2.08. The van der Waals surface area contributed by atoms with E-state index in [9.17, 15) is 0 Å². The van der Waals surface area contributed by atoms with Crippen molar-refractivity contribution in [2.75, 3.05) is 7.05 Å². The molecule has 0 amide bonds. The van der Waals surface area contributed by atoms with E-state index < -0.39 is 0 Å². The highest BCUT2D eigenvalue weighted by molar-refractivity contribution is 7.11. The molecule has 0 bridgehead atoms. The van der Waals surface area contributed by atoms with E-state index in [1.165, 1.54) is 20.7 Å². The smallest absolute Gasteiger partial charge is 0.191 e. The second-order valence-corrected chi connectivity index (χ2v) is 7.44. The summed E-state index contributed by atoms with van der Waals surface area (Å²) in [6, 6.07) is 15.2. The van der Waals surface area contributed by atoms with E-state index in [0.29, 0.717) is 6.04 Å². The maximum atomic E-state index is 4.33. The van der Waals surface area contributed by atoms with Crippen molar-refractivity contribution >= 4 is 28.2 Å². The summed E-state index contributed by atoms with van der Waals surface area (Å²) in [6.07, 6.45) is 1.01. The van der Waals surface area contributed by atoms with Gasteiger partial charge in [0.1, 0.15) is 0 Å². The maximum Gasteiger partial charge on any atom is 0.191 e. The van der Waals surface area contributed by atoms with Gasteiger partial charge in [0.25, 0.3) is 0 Å². The summed E-state index contributed by atoms with van der Waals surface area (Å²) in [5.74, 6) is 0.828. The third-order valence-corrected chi connectivity index (χ3v) is 4.97. The minimum absolute atomic E-state index is 0.331. The number of para-hydroxylation sites is 1. The molecule has 5 heteroatoms. The predicted molar refractivity (Wildman–Crippen MR) is 104 cm³/mol. The molecule has 0 aliphatic rings. The van der Waals surface area contributed by atoms with Crippen molar-refractivity contribution in [3.63, 3.8) is 0 Å². The molecule has 0 saturated carbocycles. The standard InChI is InChI=1S/C19H24N4S/c1-13(10-17-9-8-14(2)24-17)22-19(20-3)21-12-16-11-15-6-4-5-7-18(15)23-16/h4-9,11,13,23H,10,12H2,1-3H3,(H2,20,21,22). The molecule has 0 aliphatic carbocycles. The second kappa shape index (κ2) is 7.53. The summed E-state index contributed by atoms with van der Waals surface area (Å²) >= 11 is 1.86. The number of nitrogens with zero attached hydrogens (tertiary/aromatic N) is 1. The third kappa shape index (κ3) is 4.17. The lowest BCUT2D eigenvalue weighted by Crippen LogP contribution is -2.42. The minimum atomic E-state index is 0.331. The molecule has 126 valence electrons. The number of benzene rings is 1. The molecule has 0 aliphatic heterocycles. The summed E-state index contributed by atoms with van der Waals surface area (Å²) in [5, 5.41) is 8.07. The van der Waals surface area contributed by atoms with Crippen LogP contribution in [-0.2, 0) is 13.0 Å². The van der Waals surface area contributed by atoms with Gasteiger partial charge in [-0.15, -0.1) is 11.3 Å². The van der Waals surface area contributed by atoms with E-state index in [4.69, 9.17) is 0 Å². The number of thiophene rings is 1. The van der Waals surface area contributed by atoms with Crippen LogP contribution in [0.1, 0.15) is 22.4 Å². The molecule has 1 unspecified atom stereocenters. The molecule has 2 heterocycles. The first kappa shape index (κ1) is 16.6. The van der Waals surface area contributed by atoms with Crippen LogP contribution in [0.25, 0.3) is 10.9 Å². The molecule has 2 aromatic heterocycles. The fraction of sp³-hybridized carbons (Fsp3) is 0.316. The Morgan fingerprint density at radius 3 is 2.79 bits per heavy atom. The lowest BCUT2D eigenvalue weighted by atomic mass is 10.2. The average molecular weight is 340 g/mol. The highest BCUT2D eigenvalue weighted by Crippen LogP contribution is 2.17. The van der Waals surface area contributed by atoms with Crippen LogP contribution in [0.15, 0.2) is 47.5 Å². The molecule has 0 saturated heterocycles. The fourth-order valence-electron chi connectivity index (χ4n) is 2.78. The molecule has 4 nitrogen and oxygen atoms in total. The van der Waals surface area contributed by atoms with E-state index >= 15 is 0 Å². The van der Waals surface area contributed by atoms with Crippen molar-refractivity contribution in [3.05, 3.63) is 57.9 Å². The van der Waals surface area contributed by atoms with Crippen LogP contribution in [0.2, 0.25) is 0 Å². The van der Waals surface area contributed by atoms with Crippen LogP contribution in [0.5, 0.6) is 0 Å². The van der Waals surface area contributed by atoms with E-state index in [0.717, 1.165) is 24.6 Å². The number of H-pyrrole nitrogens is 1. The van der Waals surface area contributed by atoms with Crippen molar-refractivity contribution in [2.45, 2.75) is 32.9 Å². The first-order valence-corrected chi connectivity index (χ1v) is 9.05. The van der Waals surface area contributed by atoms with Crippen LogP contribution in [0.3, 0.4) is 0 Å². The third-order valence-electron chi connectivity index (χ3n) is 3.94. The Morgan fingerprint density at radius 2 is 2.08 bits per heavy atom.